The molecule has 0 radical (unpaired) electrons. The Morgan fingerprint density at radius 1 is 1.28 bits per heavy atom. The molecule has 0 saturated heterocycles. The lowest BCUT2D eigenvalue weighted by Gasteiger charge is -2.31. The van der Waals surface area contributed by atoms with Crippen molar-refractivity contribution in [1.82, 2.24) is 9.80 Å². The van der Waals surface area contributed by atoms with Crippen LogP contribution in [0.15, 0.2) is 11.9 Å². The first-order valence-corrected chi connectivity index (χ1v) is 6.97. The van der Waals surface area contributed by atoms with Crippen LogP contribution in [0.1, 0.15) is 41.0 Å². The van der Waals surface area contributed by atoms with Crippen LogP contribution < -0.4 is 0 Å². The summed E-state index contributed by atoms with van der Waals surface area (Å²) in [7, 11) is 2.13. The Balaban J connectivity index is 2.05. The molecule has 3 nitrogen and oxygen atoms in total. The van der Waals surface area contributed by atoms with Gasteiger partial charge in [-0.15, -0.1) is 0 Å². The molecule has 0 spiro atoms. The predicted octanol–water partition coefficient (Wildman–Crippen LogP) is 2.49. The first-order chi connectivity index (χ1) is 8.08. The minimum atomic E-state index is -0.542. The number of hydrogen-bond acceptors (Lipinski definition) is 3. The molecule has 0 aromatic heterocycles. The van der Waals surface area contributed by atoms with Crippen LogP contribution in [-0.2, 0) is 0 Å². The van der Waals surface area contributed by atoms with Crippen molar-refractivity contribution >= 4 is 0 Å². The molecule has 1 aliphatic carbocycles. The second-order valence-electron chi connectivity index (χ2n) is 7.81. The van der Waals surface area contributed by atoms with Crippen LogP contribution in [0.25, 0.3) is 0 Å². The number of aliphatic hydroxyl groups is 1. The third kappa shape index (κ3) is 3.00. The summed E-state index contributed by atoms with van der Waals surface area (Å²) in [5, 5.41) is 10.1. The lowest BCUT2D eigenvalue weighted by atomic mass is 9.95. The minimum absolute atomic E-state index is 0.309. The summed E-state index contributed by atoms with van der Waals surface area (Å²) in [5.41, 5.74) is 1.20. The largest absolute Gasteiger partial charge is 0.390 e. The van der Waals surface area contributed by atoms with Crippen LogP contribution in [0.3, 0.4) is 0 Å². The number of hydrogen-bond donors (Lipinski definition) is 1. The van der Waals surface area contributed by atoms with E-state index in [4.69, 9.17) is 0 Å². The number of rotatable bonds is 3. The molecule has 0 bridgehead atoms. The molecule has 2 rings (SSSR count). The van der Waals surface area contributed by atoms with Gasteiger partial charge in [0.25, 0.3) is 0 Å². The van der Waals surface area contributed by atoms with Crippen LogP contribution in [0.5, 0.6) is 0 Å². The molecule has 1 N–H and O–H groups in total. The van der Waals surface area contributed by atoms with Gasteiger partial charge in [0, 0.05) is 31.4 Å². The summed E-state index contributed by atoms with van der Waals surface area (Å²) in [5.74, 6) is 0.981. The van der Waals surface area contributed by atoms with Gasteiger partial charge in [-0.3, -0.25) is 0 Å². The maximum absolute atomic E-state index is 10.1. The van der Waals surface area contributed by atoms with Gasteiger partial charge in [0.15, 0.2) is 0 Å². The highest BCUT2D eigenvalue weighted by molar-refractivity contribution is 5.20. The van der Waals surface area contributed by atoms with Crippen molar-refractivity contribution in [2.24, 2.45) is 17.3 Å². The zero-order chi connectivity index (χ0) is 13.7. The molecule has 0 amide bonds. The van der Waals surface area contributed by atoms with Gasteiger partial charge in [-0.2, -0.15) is 0 Å². The summed E-state index contributed by atoms with van der Waals surface area (Å²) in [6.45, 7) is 12.8. The van der Waals surface area contributed by atoms with Crippen molar-refractivity contribution in [3.8, 4) is 0 Å². The first kappa shape index (κ1) is 13.7. The molecule has 3 heteroatoms. The third-order valence-electron chi connectivity index (χ3n) is 3.85. The summed E-state index contributed by atoms with van der Waals surface area (Å²) in [6, 6.07) is 0. The van der Waals surface area contributed by atoms with Gasteiger partial charge < -0.3 is 14.9 Å². The zero-order valence-corrected chi connectivity index (χ0v) is 12.7. The minimum Gasteiger partial charge on any atom is -0.390 e. The molecule has 1 aliphatic heterocycles. The Labute approximate surface area is 111 Å². The normalized spacial score (nSPS) is 28.7. The second kappa shape index (κ2) is 4.16. The third-order valence-corrected chi connectivity index (χ3v) is 3.85. The Kier molecular flexibility index (Phi) is 3.17. The van der Waals surface area contributed by atoms with Crippen molar-refractivity contribution in [1.29, 1.82) is 0 Å². The van der Waals surface area contributed by atoms with Gasteiger partial charge in [-0.05, 0) is 31.6 Å². The highest BCUT2D eigenvalue weighted by Gasteiger charge is 2.50. The average molecular weight is 252 g/mol. The molecule has 0 aromatic rings. The summed E-state index contributed by atoms with van der Waals surface area (Å²) < 4.78 is 0. The summed E-state index contributed by atoms with van der Waals surface area (Å²) >= 11 is 0. The lowest BCUT2D eigenvalue weighted by Crippen LogP contribution is -2.34. The van der Waals surface area contributed by atoms with Gasteiger partial charge in [-0.25, -0.2) is 0 Å². The van der Waals surface area contributed by atoms with Gasteiger partial charge >= 0.3 is 0 Å². The molecule has 1 saturated carbocycles. The van der Waals surface area contributed by atoms with Crippen molar-refractivity contribution < 1.29 is 5.11 Å². The van der Waals surface area contributed by atoms with E-state index in [2.05, 4.69) is 43.8 Å². The van der Waals surface area contributed by atoms with Crippen molar-refractivity contribution in [2.75, 3.05) is 20.3 Å². The first-order valence-electron chi connectivity index (χ1n) is 6.97. The van der Waals surface area contributed by atoms with E-state index < -0.39 is 5.60 Å². The van der Waals surface area contributed by atoms with Gasteiger partial charge in [-0.1, -0.05) is 20.8 Å². The summed E-state index contributed by atoms with van der Waals surface area (Å²) in [6.07, 6.45) is 3.39. The van der Waals surface area contributed by atoms with E-state index in [9.17, 15) is 5.11 Å². The Hall–Kier alpha value is -0.700. The molecule has 18 heavy (non-hydrogen) atoms. The number of allylic oxidation sites excluding steroid dienone is 1. The zero-order valence-electron chi connectivity index (χ0n) is 12.7. The van der Waals surface area contributed by atoms with E-state index in [1.807, 2.05) is 13.8 Å². The molecule has 0 aromatic carbocycles. The van der Waals surface area contributed by atoms with E-state index in [1.165, 1.54) is 5.70 Å². The van der Waals surface area contributed by atoms with Gasteiger partial charge in [0.2, 0.25) is 0 Å². The van der Waals surface area contributed by atoms with Crippen LogP contribution in [0.2, 0.25) is 0 Å². The van der Waals surface area contributed by atoms with E-state index in [-0.39, 0.29) is 0 Å². The monoisotopic (exact) mass is 252 g/mol. The topological polar surface area (TPSA) is 26.7 Å². The van der Waals surface area contributed by atoms with Crippen LogP contribution >= 0.6 is 0 Å². The second-order valence-corrected chi connectivity index (χ2v) is 7.81. The maximum atomic E-state index is 10.1. The summed E-state index contributed by atoms with van der Waals surface area (Å²) in [4.78, 5) is 4.73. The standard InChI is InChI=1S/C15H28N2O/c1-14(2,3)9-17-10-16(6)8-13(17)11-7-12(11)15(4,5)18/h8,11-12,18H,7,9-10H2,1-6H3. The van der Waals surface area contributed by atoms with Crippen molar-refractivity contribution in [3.63, 3.8) is 0 Å². The van der Waals surface area contributed by atoms with Gasteiger partial charge in [0.05, 0.1) is 12.3 Å². The fraction of sp³-hybridized carbons (Fsp3) is 0.867. The van der Waals surface area contributed by atoms with Gasteiger partial charge in [0.1, 0.15) is 0 Å². The van der Waals surface area contributed by atoms with Crippen LogP contribution in [-0.4, -0.2) is 40.8 Å². The Morgan fingerprint density at radius 3 is 2.33 bits per heavy atom. The fourth-order valence-corrected chi connectivity index (χ4v) is 3.05. The van der Waals surface area contributed by atoms with Crippen molar-refractivity contribution in [3.05, 3.63) is 11.9 Å². The highest BCUT2D eigenvalue weighted by Crippen LogP contribution is 2.52. The molecule has 1 heterocycles. The molecular formula is C15H28N2O. The van der Waals surface area contributed by atoms with Crippen LogP contribution in [0.4, 0.5) is 0 Å². The quantitative estimate of drug-likeness (QED) is 0.836. The van der Waals surface area contributed by atoms with E-state index in [0.717, 1.165) is 19.6 Å². The van der Waals surface area contributed by atoms with Crippen LogP contribution in [0, 0.1) is 17.3 Å². The molecular weight excluding hydrogens is 224 g/mol. The molecule has 1 fully saturated rings. The fourth-order valence-electron chi connectivity index (χ4n) is 3.05. The highest BCUT2D eigenvalue weighted by atomic mass is 16.3. The smallest absolute Gasteiger partial charge is 0.0893 e. The molecule has 2 aliphatic rings. The van der Waals surface area contributed by atoms with E-state index in [1.54, 1.807) is 0 Å². The number of nitrogens with zero attached hydrogens (tertiary/aromatic N) is 2. The predicted molar refractivity (Wildman–Crippen MR) is 74.8 cm³/mol. The molecule has 2 unspecified atom stereocenters. The lowest BCUT2D eigenvalue weighted by molar-refractivity contribution is 0.0510. The Morgan fingerprint density at radius 2 is 1.89 bits per heavy atom. The SMILES string of the molecule is CN1C=C(C2CC2C(C)(C)O)N(CC(C)(C)C)C1. The Bertz CT molecular complexity index is 348. The van der Waals surface area contributed by atoms with E-state index in [0.29, 0.717) is 17.3 Å². The van der Waals surface area contributed by atoms with E-state index >= 15 is 0 Å². The average Bonchev–Trinajstić information content (AvgIpc) is 2.83. The molecule has 2 atom stereocenters. The maximum Gasteiger partial charge on any atom is 0.0893 e. The molecule has 104 valence electrons. The van der Waals surface area contributed by atoms with Crippen molar-refractivity contribution in [2.45, 2.75) is 46.6 Å².